The van der Waals surface area contributed by atoms with E-state index in [-0.39, 0.29) is 49.5 Å². The third kappa shape index (κ3) is 17.0. The van der Waals surface area contributed by atoms with Crippen molar-refractivity contribution in [1.29, 1.82) is 0 Å². The summed E-state index contributed by atoms with van der Waals surface area (Å²) >= 11 is 5.50. The molecule has 410 valence electrons. The van der Waals surface area contributed by atoms with Crippen molar-refractivity contribution in [1.82, 2.24) is 15.1 Å². The zero-order chi connectivity index (χ0) is 53.8. The van der Waals surface area contributed by atoms with Gasteiger partial charge < -0.3 is 79.3 Å². The SMILES string of the molecule is CC[C@H]1OC(=O)[C@H](C)[C@@H](O[C@H]2C[C@@](C)(OC)[C@@H](O)[C@H](C)O2)[C@H](C)[C@@H](O[C@@H]2O[C@H](C)C[C@H](N(C)C)[C@H]2O)[C@](C)(O)C[C@@H](C)CN(CCCNC(=S)Nc2ccc(OC(F)F)cc2)[C@H](C)[C@@H](O)[C@]1(C)O.O=CO. The molecule has 4 rings (SSSR count). The Hall–Kier alpha value is -2.97. The predicted octanol–water partition coefficient (Wildman–Crippen LogP) is 3.95. The Balaban J connectivity index is 0.00000432. The number of likely N-dealkylation sites (N-methyl/N-ethyl adjacent to an activating group) is 1. The van der Waals surface area contributed by atoms with Gasteiger partial charge in [0.2, 0.25) is 0 Å². The number of hydrogen-bond donors (Lipinski definition) is 8. The monoisotopic (exact) mass is 1040 g/mol. The number of aliphatic hydroxyl groups is 5. The van der Waals surface area contributed by atoms with Crippen LogP contribution in [0.1, 0.15) is 101 Å². The van der Waals surface area contributed by atoms with E-state index in [1.807, 2.05) is 37.7 Å². The van der Waals surface area contributed by atoms with Gasteiger partial charge in [0.05, 0.1) is 41.5 Å². The molecule has 8 N–H and O–H groups in total. The van der Waals surface area contributed by atoms with E-state index in [4.69, 9.17) is 50.5 Å². The largest absolute Gasteiger partial charge is 0.483 e. The number of carbonyl (C=O) groups excluding carboxylic acids is 1. The lowest BCUT2D eigenvalue weighted by atomic mass is 9.77. The van der Waals surface area contributed by atoms with Gasteiger partial charge in [0.1, 0.15) is 35.8 Å². The summed E-state index contributed by atoms with van der Waals surface area (Å²) in [5, 5.41) is 73.2. The van der Waals surface area contributed by atoms with Gasteiger partial charge in [-0.1, -0.05) is 20.8 Å². The fourth-order valence-electron chi connectivity index (χ4n) is 10.3. The van der Waals surface area contributed by atoms with Crippen LogP contribution in [0, 0.1) is 17.8 Å². The Bertz CT molecular complexity index is 1790. The molecule has 71 heavy (non-hydrogen) atoms. The predicted molar refractivity (Wildman–Crippen MR) is 264 cm³/mol. The number of rotatable bonds is 14. The summed E-state index contributed by atoms with van der Waals surface area (Å²) in [5.74, 6) is -2.92. The van der Waals surface area contributed by atoms with Crippen LogP contribution < -0.4 is 15.4 Å². The minimum absolute atomic E-state index is 0.0130. The van der Waals surface area contributed by atoms with Crippen LogP contribution in [-0.2, 0) is 38.0 Å². The van der Waals surface area contributed by atoms with E-state index in [2.05, 4.69) is 15.4 Å². The second-order valence-corrected chi connectivity index (χ2v) is 20.9. The Labute approximate surface area is 423 Å². The van der Waals surface area contributed by atoms with Crippen molar-refractivity contribution in [3.63, 3.8) is 0 Å². The summed E-state index contributed by atoms with van der Waals surface area (Å²) in [6, 6.07) is 4.89. The molecule has 3 fully saturated rings. The molecule has 18 atom stereocenters. The maximum absolute atomic E-state index is 14.5. The van der Waals surface area contributed by atoms with Crippen LogP contribution in [0.3, 0.4) is 0 Å². The fraction of sp³-hybridized carbons (Fsp3) is 0.816. The molecular formula is C49H84F2N4O15S. The molecule has 0 amide bonds. The number of halogens is 2. The first-order chi connectivity index (χ1) is 33.1. The number of benzene rings is 1. The Morgan fingerprint density at radius 2 is 1.62 bits per heavy atom. The highest BCUT2D eigenvalue weighted by Gasteiger charge is 2.53. The molecule has 0 unspecified atom stereocenters. The first-order valence-corrected chi connectivity index (χ1v) is 24.9. The van der Waals surface area contributed by atoms with Gasteiger partial charge in [-0.25, -0.2) is 0 Å². The van der Waals surface area contributed by atoms with Crippen molar-refractivity contribution in [2.24, 2.45) is 17.8 Å². The molecule has 0 aromatic heterocycles. The molecule has 0 saturated carbocycles. The smallest absolute Gasteiger partial charge is 0.387 e. The van der Waals surface area contributed by atoms with E-state index in [0.29, 0.717) is 43.3 Å². The van der Waals surface area contributed by atoms with E-state index >= 15 is 0 Å². The van der Waals surface area contributed by atoms with Crippen LogP contribution in [0.25, 0.3) is 0 Å². The van der Waals surface area contributed by atoms with Crippen LogP contribution in [0.5, 0.6) is 5.75 Å². The molecule has 1 aromatic rings. The summed E-state index contributed by atoms with van der Waals surface area (Å²) in [6.45, 7) is 15.3. The van der Waals surface area contributed by atoms with Crippen molar-refractivity contribution in [3.8, 4) is 5.75 Å². The van der Waals surface area contributed by atoms with Crippen molar-refractivity contribution in [3.05, 3.63) is 24.3 Å². The second-order valence-electron chi connectivity index (χ2n) is 20.5. The number of nitrogens with zero attached hydrogens (tertiary/aromatic N) is 2. The zero-order valence-corrected chi connectivity index (χ0v) is 44.5. The van der Waals surface area contributed by atoms with Crippen LogP contribution in [-0.4, -0.2) is 196 Å². The van der Waals surface area contributed by atoms with E-state index < -0.39 is 103 Å². The molecule has 0 aliphatic carbocycles. The van der Waals surface area contributed by atoms with E-state index in [1.54, 1.807) is 60.6 Å². The molecule has 0 bridgehead atoms. The third-order valence-corrected chi connectivity index (χ3v) is 14.5. The van der Waals surface area contributed by atoms with Crippen LogP contribution >= 0.6 is 12.2 Å². The van der Waals surface area contributed by atoms with Gasteiger partial charge in [-0.2, -0.15) is 8.78 Å². The van der Waals surface area contributed by atoms with Gasteiger partial charge in [-0.3, -0.25) is 14.5 Å². The number of anilines is 1. The number of methoxy groups -OCH3 is 1. The van der Waals surface area contributed by atoms with Crippen molar-refractivity contribution in [2.75, 3.05) is 46.2 Å². The van der Waals surface area contributed by atoms with Crippen LogP contribution in [0.15, 0.2) is 24.3 Å². The molecule has 3 saturated heterocycles. The number of carboxylic acid groups (broad SMARTS) is 1. The van der Waals surface area contributed by atoms with Gasteiger partial charge in [0.25, 0.3) is 6.47 Å². The lowest BCUT2D eigenvalue weighted by Crippen LogP contribution is -2.60. The average molecular weight is 1040 g/mol. The minimum Gasteiger partial charge on any atom is -0.483 e. The number of aliphatic hydroxyl groups excluding tert-OH is 3. The summed E-state index contributed by atoms with van der Waals surface area (Å²) in [7, 11) is 5.22. The number of carbonyl (C=O) groups is 2. The lowest BCUT2D eigenvalue weighted by molar-refractivity contribution is -0.318. The van der Waals surface area contributed by atoms with Crippen LogP contribution in [0.4, 0.5) is 14.5 Å². The zero-order valence-electron chi connectivity index (χ0n) is 43.7. The molecule has 3 aliphatic heterocycles. The minimum atomic E-state index is -2.94. The summed E-state index contributed by atoms with van der Waals surface area (Å²) in [4.78, 5) is 26.8. The van der Waals surface area contributed by atoms with Gasteiger partial charge in [0, 0.05) is 56.9 Å². The standard InChI is InChI=1S/C48H82F2N4O13S.CH2O2/c1-14-35-48(10,60)39(56)30(6)54(21-15-20-51-45(68)52-32-16-18-33(19-17-32)64-44(49)50)25-26(2)23-46(8,59)41(67-43-37(55)34(53(11)12)22-27(3)62-43)28(4)38(29(5)42(58)65-35)66-36-24-47(9,61-13)40(57)31(7)63-36;2-1-3/h16-19,26-31,34-41,43-44,55-57,59-60H,14-15,20-25H2,1-13H3,(H2,51,52,68);1H,(H,2,3)/t26-,27-,28+,29-,30-,31+,34+,35-,36+,37-,38+,39-,40+,41-,43+,46-,47-,48-;/m1./s1. The van der Waals surface area contributed by atoms with Crippen LogP contribution in [0.2, 0.25) is 0 Å². The molecule has 22 heteroatoms. The average Bonchev–Trinajstić information content (AvgIpc) is 3.29. The van der Waals surface area contributed by atoms with Gasteiger partial charge in [0.15, 0.2) is 17.7 Å². The Morgan fingerprint density at radius 1 is 1.00 bits per heavy atom. The summed E-state index contributed by atoms with van der Waals surface area (Å²) in [5.41, 5.74) is -4.12. The second kappa shape index (κ2) is 27.5. The quantitative estimate of drug-likeness (QED) is 0.0569. The highest BCUT2D eigenvalue weighted by atomic mass is 32.1. The van der Waals surface area contributed by atoms with Crippen molar-refractivity contribution < 1.29 is 82.2 Å². The van der Waals surface area contributed by atoms with E-state index in [9.17, 15) is 39.1 Å². The Morgan fingerprint density at radius 3 is 2.18 bits per heavy atom. The van der Waals surface area contributed by atoms with Gasteiger partial charge >= 0.3 is 12.6 Å². The maximum atomic E-state index is 14.5. The third-order valence-electron chi connectivity index (χ3n) is 14.3. The molecular weight excluding hydrogens is 955 g/mol. The van der Waals surface area contributed by atoms with Gasteiger partial charge in [-0.05, 0) is 131 Å². The normalized spacial score (nSPS) is 39.0. The molecule has 19 nitrogen and oxygen atoms in total. The highest BCUT2D eigenvalue weighted by Crippen LogP contribution is 2.40. The lowest BCUT2D eigenvalue weighted by Gasteiger charge is -2.48. The summed E-state index contributed by atoms with van der Waals surface area (Å²) in [6.07, 6.45) is -8.71. The molecule has 0 spiro atoms. The number of nitrogens with one attached hydrogen (secondary N) is 2. The number of ether oxygens (including phenoxy) is 7. The molecule has 3 heterocycles. The topological polar surface area (TPSA) is 251 Å². The number of thiocarbonyl (C=S) groups is 1. The maximum Gasteiger partial charge on any atom is 0.387 e. The number of alkyl halides is 2. The Kier molecular flexibility index (Phi) is 24.2. The molecule has 0 radical (unpaired) electrons. The molecule has 1 aromatic carbocycles. The van der Waals surface area contributed by atoms with Gasteiger partial charge in [-0.15, -0.1) is 0 Å². The number of esters is 1. The van der Waals surface area contributed by atoms with Crippen molar-refractivity contribution >= 4 is 35.5 Å². The highest BCUT2D eigenvalue weighted by molar-refractivity contribution is 7.80. The first-order valence-electron chi connectivity index (χ1n) is 24.5. The molecule has 3 aliphatic rings. The fourth-order valence-corrected chi connectivity index (χ4v) is 10.5. The number of hydrogen-bond acceptors (Lipinski definition) is 17. The number of cyclic esters (lactones) is 1. The van der Waals surface area contributed by atoms with Crippen molar-refractivity contribution in [2.45, 2.75) is 198 Å². The van der Waals surface area contributed by atoms with E-state index in [1.165, 1.54) is 26.2 Å². The van der Waals surface area contributed by atoms with E-state index in [0.717, 1.165) is 0 Å². The summed E-state index contributed by atoms with van der Waals surface area (Å²) < 4.78 is 67.7. The first kappa shape index (κ1) is 62.3.